The van der Waals surface area contributed by atoms with Gasteiger partial charge in [0.25, 0.3) is 0 Å². The van der Waals surface area contributed by atoms with Gasteiger partial charge in [0.1, 0.15) is 11.6 Å². The Morgan fingerprint density at radius 2 is 1.95 bits per heavy atom. The molecule has 0 spiro atoms. The fraction of sp³-hybridized carbons (Fsp3) is 0.294. The predicted octanol–water partition coefficient (Wildman–Crippen LogP) is 3.59. The van der Waals surface area contributed by atoms with Crippen LogP contribution in [-0.4, -0.2) is 13.2 Å². The monoisotopic (exact) mass is 286 g/mol. The van der Waals surface area contributed by atoms with Crippen LogP contribution in [0.5, 0.6) is 5.75 Å². The summed E-state index contributed by atoms with van der Waals surface area (Å²) in [6.07, 6.45) is 2.19. The molecule has 0 bridgehead atoms. The first kappa shape index (κ1) is 13.7. The Kier molecular flexibility index (Phi) is 3.69. The van der Waals surface area contributed by atoms with Crippen molar-refractivity contribution in [3.05, 3.63) is 53.8 Å². The second kappa shape index (κ2) is 5.64. The van der Waals surface area contributed by atoms with Gasteiger partial charge in [-0.2, -0.15) is 0 Å². The van der Waals surface area contributed by atoms with Gasteiger partial charge in [-0.15, -0.1) is 0 Å². The first-order valence-electron chi connectivity index (χ1n) is 7.12. The summed E-state index contributed by atoms with van der Waals surface area (Å²) in [6, 6.07) is 13.5. The second-order valence-electron chi connectivity index (χ2n) is 5.39. The number of nitrogens with two attached hydrogens (primary N) is 1. The molecule has 3 nitrogen and oxygen atoms in total. The predicted molar refractivity (Wildman–Crippen MR) is 83.0 cm³/mol. The van der Waals surface area contributed by atoms with Gasteiger partial charge in [-0.05, 0) is 18.4 Å². The van der Waals surface area contributed by atoms with Crippen LogP contribution in [0.3, 0.4) is 0 Å². The van der Waals surface area contributed by atoms with Crippen molar-refractivity contribution in [1.29, 1.82) is 0 Å². The number of nitrogen functional groups attached to an aromatic ring is 1. The van der Waals surface area contributed by atoms with E-state index in [2.05, 4.69) is 17.0 Å². The highest BCUT2D eigenvalue weighted by Gasteiger charge is 2.31. The molecule has 0 aromatic heterocycles. The largest absolute Gasteiger partial charge is 0.495 e. The van der Waals surface area contributed by atoms with Crippen LogP contribution in [0, 0.1) is 5.82 Å². The number of anilines is 2. The average molecular weight is 286 g/mol. The summed E-state index contributed by atoms with van der Waals surface area (Å²) in [7, 11) is 1.55. The first-order valence-corrected chi connectivity index (χ1v) is 7.12. The van der Waals surface area contributed by atoms with E-state index in [1.54, 1.807) is 13.2 Å². The molecule has 0 atom stereocenters. The van der Waals surface area contributed by atoms with Gasteiger partial charge in [-0.25, -0.2) is 4.39 Å². The van der Waals surface area contributed by atoms with Gasteiger partial charge in [-0.3, -0.25) is 0 Å². The molecule has 3 rings (SSSR count). The van der Waals surface area contributed by atoms with E-state index >= 15 is 0 Å². The Morgan fingerprint density at radius 1 is 1.24 bits per heavy atom. The minimum absolute atomic E-state index is 0.295. The zero-order valence-electron chi connectivity index (χ0n) is 12.1. The number of halogens is 1. The van der Waals surface area contributed by atoms with Gasteiger partial charge in [-0.1, -0.05) is 30.3 Å². The fourth-order valence-electron chi connectivity index (χ4n) is 2.53. The van der Waals surface area contributed by atoms with Crippen molar-refractivity contribution in [2.45, 2.75) is 25.4 Å². The number of methoxy groups -OCH3 is 1. The molecule has 2 N–H and O–H groups in total. The van der Waals surface area contributed by atoms with E-state index in [1.165, 1.54) is 11.6 Å². The minimum atomic E-state index is -0.295. The molecule has 0 aliphatic heterocycles. The second-order valence-corrected chi connectivity index (χ2v) is 5.39. The van der Waals surface area contributed by atoms with Crippen molar-refractivity contribution >= 4 is 11.4 Å². The van der Waals surface area contributed by atoms with Gasteiger partial charge in [0.2, 0.25) is 0 Å². The molecule has 0 saturated heterocycles. The summed E-state index contributed by atoms with van der Waals surface area (Å²) in [6.45, 7) is 0.690. The molecule has 4 heteroatoms. The zero-order valence-corrected chi connectivity index (χ0v) is 12.1. The molecule has 0 heterocycles. The average Bonchev–Trinajstić information content (AvgIpc) is 3.31. The van der Waals surface area contributed by atoms with E-state index in [0.717, 1.165) is 12.8 Å². The Morgan fingerprint density at radius 3 is 2.57 bits per heavy atom. The summed E-state index contributed by atoms with van der Waals surface area (Å²) < 4.78 is 19.6. The maximum Gasteiger partial charge on any atom is 0.148 e. The van der Waals surface area contributed by atoms with E-state index < -0.39 is 0 Å². The number of benzene rings is 2. The lowest BCUT2D eigenvalue weighted by atomic mass is 10.1. The molecule has 1 aliphatic carbocycles. The van der Waals surface area contributed by atoms with Crippen LogP contribution >= 0.6 is 0 Å². The van der Waals surface area contributed by atoms with Crippen LogP contribution in [0.1, 0.15) is 18.4 Å². The third-order valence-electron chi connectivity index (χ3n) is 3.79. The number of hydrogen-bond acceptors (Lipinski definition) is 3. The SMILES string of the molecule is COc1cc(N(Cc2ccccc2)C2CC2)c(F)cc1N. The van der Waals surface area contributed by atoms with Crippen molar-refractivity contribution in [3.8, 4) is 5.75 Å². The number of rotatable bonds is 5. The van der Waals surface area contributed by atoms with Crippen LogP contribution in [-0.2, 0) is 6.54 Å². The van der Waals surface area contributed by atoms with Crippen LogP contribution in [0.2, 0.25) is 0 Å². The fourth-order valence-corrected chi connectivity index (χ4v) is 2.53. The molecule has 21 heavy (non-hydrogen) atoms. The van der Waals surface area contributed by atoms with Crippen molar-refractivity contribution in [2.75, 3.05) is 17.7 Å². The first-order chi connectivity index (χ1) is 10.2. The summed E-state index contributed by atoms with van der Waals surface area (Å²) in [4.78, 5) is 2.10. The smallest absolute Gasteiger partial charge is 0.148 e. The lowest BCUT2D eigenvalue weighted by molar-refractivity contribution is 0.416. The highest BCUT2D eigenvalue weighted by Crippen LogP contribution is 2.38. The third kappa shape index (κ3) is 2.94. The van der Waals surface area contributed by atoms with E-state index in [9.17, 15) is 4.39 Å². The zero-order chi connectivity index (χ0) is 14.8. The molecule has 1 aliphatic rings. The van der Waals surface area contributed by atoms with E-state index in [1.807, 2.05) is 18.2 Å². The topological polar surface area (TPSA) is 38.5 Å². The van der Waals surface area contributed by atoms with Crippen LogP contribution in [0.4, 0.5) is 15.8 Å². The number of hydrogen-bond donors (Lipinski definition) is 1. The van der Waals surface area contributed by atoms with Crippen LogP contribution in [0.25, 0.3) is 0 Å². The Labute approximate surface area is 124 Å². The lowest BCUT2D eigenvalue weighted by Gasteiger charge is -2.26. The molecular formula is C17H19FN2O. The molecule has 0 radical (unpaired) electrons. The molecule has 110 valence electrons. The summed E-state index contributed by atoms with van der Waals surface area (Å²) in [5.41, 5.74) is 7.82. The maximum absolute atomic E-state index is 14.3. The van der Waals surface area contributed by atoms with Gasteiger partial charge < -0.3 is 15.4 Å². The quantitative estimate of drug-likeness (QED) is 0.854. The van der Waals surface area contributed by atoms with Crippen molar-refractivity contribution in [1.82, 2.24) is 0 Å². The minimum Gasteiger partial charge on any atom is -0.495 e. The number of ether oxygens (including phenoxy) is 1. The lowest BCUT2D eigenvalue weighted by Crippen LogP contribution is -2.26. The maximum atomic E-state index is 14.3. The van der Waals surface area contributed by atoms with Crippen molar-refractivity contribution < 1.29 is 9.13 Å². The van der Waals surface area contributed by atoms with E-state index in [4.69, 9.17) is 10.5 Å². The van der Waals surface area contributed by atoms with Crippen LogP contribution < -0.4 is 15.4 Å². The van der Waals surface area contributed by atoms with E-state index in [0.29, 0.717) is 29.7 Å². The molecule has 1 saturated carbocycles. The van der Waals surface area contributed by atoms with Gasteiger partial charge in [0.05, 0.1) is 18.5 Å². The van der Waals surface area contributed by atoms with Crippen molar-refractivity contribution in [3.63, 3.8) is 0 Å². The van der Waals surface area contributed by atoms with E-state index in [-0.39, 0.29) is 5.82 Å². The van der Waals surface area contributed by atoms with Crippen molar-refractivity contribution in [2.24, 2.45) is 0 Å². The Balaban J connectivity index is 1.94. The van der Waals surface area contributed by atoms with Gasteiger partial charge >= 0.3 is 0 Å². The normalized spacial score (nSPS) is 14.0. The Bertz CT molecular complexity index is 626. The molecule has 1 fully saturated rings. The highest BCUT2D eigenvalue weighted by atomic mass is 19.1. The third-order valence-corrected chi connectivity index (χ3v) is 3.79. The standard InChI is InChI=1S/C17H19FN2O/c1-21-17-10-16(14(18)9-15(17)19)20(13-7-8-13)11-12-5-3-2-4-6-12/h2-6,9-10,13H,7-8,11,19H2,1H3. The molecule has 2 aromatic rings. The molecule has 0 unspecified atom stereocenters. The molecule has 0 amide bonds. The Hall–Kier alpha value is -2.23. The summed E-state index contributed by atoms with van der Waals surface area (Å²) >= 11 is 0. The molecular weight excluding hydrogens is 267 g/mol. The van der Waals surface area contributed by atoms with Gasteiger partial charge in [0, 0.05) is 24.7 Å². The summed E-state index contributed by atoms with van der Waals surface area (Å²) in [5, 5.41) is 0. The van der Waals surface area contributed by atoms with Gasteiger partial charge in [0.15, 0.2) is 0 Å². The van der Waals surface area contributed by atoms with Crippen LogP contribution in [0.15, 0.2) is 42.5 Å². The molecule has 2 aromatic carbocycles. The highest BCUT2D eigenvalue weighted by molar-refractivity contribution is 5.64. The number of nitrogens with zero attached hydrogens (tertiary/aromatic N) is 1. The summed E-state index contributed by atoms with van der Waals surface area (Å²) in [5.74, 6) is 0.223.